The number of nitrogens with two attached hydrogens (primary N) is 1. The highest BCUT2D eigenvalue weighted by atomic mass is 35.5. The van der Waals surface area contributed by atoms with Crippen molar-refractivity contribution < 1.29 is 14.3 Å². The van der Waals surface area contributed by atoms with E-state index < -0.39 is 5.91 Å². The van der Waals surface area contributed by atoms with Gasteiger partial charge in [0.25, 0.3) is 5.91 Å². The Labute approximate surface area is 188 Å². The molecule has 1 fully saturated rings. The molecule has 1 aromatic heterocycles. The van der Waals surface area contributed by atoms with Gasteiger partial charge in [0.05, 0.1) is 28.5 Å². The van der Waals surface area contributed by atoms with Gasteiger partial charge < -0.3 is 15.8 Å². The lowest BCUT2D eigenvalue weighted by Gasteiger charge is -2.33. The van der Waals surface area contributed by atoms with Gasteiger partial charge in [-0.2, -0.15) is 0 Å². The number of primary amides is 1. The van der Waals surface area contributed by atoms with Crippen LogP contribution in [0.2, 0.25) is 10.0 Å². The number of nitrogens with one attached hydrogen (secondary N) is 1. The highest BCUT2D eigenvalue weighted by molar-refractivity contribution is 7.99. The Morgan fingerprint density at radius 2 is 2.07 bits per heavy atom. The van der Waals surface area contributed by atoms with Crippen molar-refractivity contribution in [3.05, 3.63) is 51.6 Å². The molecule has 0 bridgehead atoms. The molecule has 0 aliphatic carbocycles. The number of ether oxygens (including phenoxy) is 1. The number of carbonyl (C=O) groups is 2. The molecule has 1 aromatic carbocycles. The number of amides is 2. The van der Waals surface area contributed by atoms with Crippen LogP contribution in [0.5, 0.6) is 0 Å². The van der Waals surface area contributed by atoms with Crippen LogP contribution in [-0.4, -0.2) is 65.0 Å². The van der Waals surface area contributed by atoms with Gasteiger partial charge in [0, 0.05) is 26.2 Å². The summed E-state index contributed by atoms with van der Waals surface area (Å²) in [7, 11) is 0. The van der Waals surface area contributed by atoms with Gasteiger partial charge in [-0.25, -0.2) is 0 Å². The zero-order valence-electron chi connectivity index (χ0n) is 16.0. The molecule has 1 aliphatic heterocycles. The third-order valence-corrected chi connectivity index (χ3v) is 6.04. The lowest BCUT2D eigenvalue weighted by Crippen LogP contribution is -2.47. The molecule has 2 aromatic rings. The zero-order valence-corrected chi connectivity index (χ0v) is 18.3. The van der Waals surface area contributed by atoms with Crippen LogP contribution in [0.1, 0.15) is 16.1 Å². The smallest absolute Gasteiger partial charge is 0.269 e. The molecule has 8 nitrogen and oxygen atoms in total. The monoisotopic (exact) mass is 469 g/mol. The first-order valence-electron chi connectivity index (χ1n) is 9.21. The third kappa shape index (κ3) is 6.82. The van der Waals surface area contributed by atoms with Crippen molar-refractivity contribution in [1.82, 2.24) is 20.4 Å². The maximum absolute atomic E-state index is 12.1. The Bertz CT molecular complexity index is 900. The van der Waals surface area contributed by atoms with E-state index in [1.54, 1.807) is 12.1 Å². The molecule has 1 unspecified atom stereocenters. The summed E-state index contributed by atoms with van der Waals surface area (Å²) >= 11 is 13.3. The first kappa shape index (κ1) is 22.8. The highest BCUT2D eigenvalue weighted by Crippen LogP contribution is 2.23. The number of hydrogen-bond acceptors (Lipinski definition) is 7. The minimum atomic E-state index is -0.641. The van der Waals surface area contributed by atoms with Crippen molar-refractivity contribution in [1.29, 1.82) is 0 Å². The summed E-state index contributed by atoms with van der Waals surface area (Å²) in [5, 5.41) is 12.1. The third-order valence-electron chi connectivity index (χ3n) is 4.38. The second-order valence-electron chi connectivity index (χ2n) is 6.69. The Morgan fingerprint density at radius 3 is 2.77 bits per heavy atom. The molecule has 1 aliphatic rings. The number of rotatable bonds is 8. The van der Waals surface area contributed by atoms with Crippen LogP contribution < -0.4 is 11.1 Å². The fraction of sp³-hybridized carbons (Fsp3) is 0.368. The second-order valence-corrected chi connectivity index (χ2v) is 8.50. The predicted molar refractivity (Wildman–Crippen MR) is 116 cm³/mol. The topological polar surface area (TPSA) is 110 Å². The highest BCUT2D eigenvalue weighted by Gasteiger charge is 2.21. The number of morpholine rings is 1. The van der Waals surface area contributed by atoms with Crippen molar-refractivity contribution in [3.8, 4) is 0 Å². The van der Waals surface area contributed by atoms with Gasteiger partial charge in [0.1, 0.15) is 5.03 Å². The van der Waals surface area contributed by atoms with Crippen molar-refractivity contribution >= 4 is 46.8 Å². The van der Waals surface area contributed by atoms with E-state index in [0.717, 1.165) is 18.7 Å². The van der Waals surface area contributed by atoms with E-state index in [2.05, 4.69) is 20.4 Å². The second kappa shape index (κ2) is 10.9. The van der Waals surface area contributed by atoms with Crippen molar-refractivity contribution in [2.45, 2.75) is 17.7 Å². The molecular weight excluding hydrogens is 449 g/mol. The molecule has 0 radical (unpaired) electrons. The van der Waals surface area contributed by atoms with Gasteiger partial charge in [0.15, 0.2) is 5.69 Å². The van der Waals surface area contributed by atoms with Gasteiger partial charge in [0.2, 0.25) is 5.91 Å². The lowest BCUT2D eigenvalue weighted by atomic mass is 10.2. The largest absolute Gasteiger partial charge is 0.374 e. The van der Waals surface area contributed by atoms with E-state index in [1.807, 2.05) is 12.1 Å². The van der Waals surface area contributed by atoms with Crippen LogP contribution >= 0.6 is 35.0 Å². The molecule has 0 spiro atoms. The summed E-state index contributed by atoms with van der Waals surface area (Å²) in [6.07, 6.45) is -0.0925. The molecular formula is C19H21Cl2N5O3S. The molecule has 1 saturated heterocycles. The minimum absolute atomic E-state index is 0.0867. The molecule has 2 amide bonds. The molecule has 30 heavy (non-hydrogen) atoms. The SMILES string of the molecule is NC(=O)c1ccc(SCC(=O)NCC2CN(Cc3ccc(Cl)c(Cl)c3)CCO2)nn1. The minimum Gasteiger partial charge on any atom is -0.374 e. The Morgan fingerprint density at radius 1 is 1.23 bits per heavy atom. The summed E-state index contributed by atoms with van der Waals surface area (Å²) in [5.74, 6) is -0.590. The molecule has 11 heteroatoms. The zero-order chi connectivity index (χ0) is 21.5. The van der Waals surface area contributed by atoms with E-state index >= 15 is 0 Å². The van der Waals surface area contributed by atoms with Gasteiger partial charge in [-0.15, -0.1) is 10.2 Å². The van der Waals surface area contributed by atoms with Crippen LogP contribution in [0.15, 0.2) is 35.4 Å². The van der Waals surface area contributed by atoms with Crippen LogP contribution in [0.4, 0.5) is 0 Å². The number of halogens is 2. The summed E-state index contributed by atoms with van der Waals surface area (Å²) in [6.45, 7) is 3.26. The predicted octanol–water partition coefficient (Wildman–Crippen LogP) is 1.99. The van der Waals surface area contributed by atoms with E-state index in [-0.39, 0.29) is 23.5 Å². The summed E-state index contributed by atoms with van der Waals surface area (Å²) in [6, 6.07) is 8.70. The normalized spacial score (nSPS) is 16.9. The molecule has 3 rings (SSSR count). The van der Waals surface area contributed by atoms with Crippen LogP contribution in [0.25, 0.3) is 0 Å². The summed E-state index contributed by atoms with van der Waals surface area (Å²) in [5.41, 5.74) is 6.29. The first-order chi connectivity index (χ1) is 14.4. The molecule has 3 N–H and O–H groups in total. The van der Waals surface area contributed by atoms with E-state index in [1.165, 1.54) is 17.8 Å². The lowest BCUT2D eigenvalue weighted by molar-refractivity contribution is -0.119. The van der Waals surface area contributed by atoms with Gasteiger partial charge in [-0.05, 0) is 29.8 Å². The Hall–Kier alpha value is -1.91. The van der Waals surface area contributed by atoms with E-state index in [9.17, 15) is 9.59 Å². The van der Waals surface area contributed by atoms with Crippen molar-refractivity contribution in [3.63, 3.8) is 0 Å². The summed E-state index contributed by atoms with van der Waals surface area (Å²) in [4.78, 5) is 25.4. The van der Waals surface area contributed by atoms with Crippen molar-refractivity contribution in [2.24, 2.45) is 5.73 Å². The number of benzene rings is 1. The number of carbonyl (C=O) groups excluding carboxylic acids is 2. The maximum Gasteiger partial charge on any atom is 0.269 e. The average molecular weight is 470 g/mol. The van der Waals surface area contributed by atoms with E-state index in [4.69, 9.17) is 33.7 Å². The van der Waals surface area contributed by atoms with Crippen LogP contribution in [0.3, 0.4) is 0 Å². The van der Waals surface area contributed by atoms with Crippen molar-refractivity contribution in [2.75, 3.05) is 32.0 Å². The van der Waals surface area contributed by atoms with Gasteiger partial charge in [-0.1, -0.05) is 41.0 Å². The first-order valence-corrected chi connectivity index (χ1v) is 11.0. The average Bonchev–Trinajstić information content (AvgIpc) is 2.74. The molecule has 2 heterocycles. The fourth-order valence-electron chi connectivity index (χ4n) is 2.89. The number of thioether (sulfide) groups is 1. The molecule has 1 atom stereocenters. The van der Waals surface area contributed by atoms with Gasteiger partial charge >= 0.3 is 0 Å². The fourth-order valence-corrected chi connectivity index (χ4v) is 3.85. The summed E-state index contributed by atoms with van der Waals surface area (Å²) < 4.78 is 5.76. The Kier molecular flexibility index (Phi) is 8.29. The maximum atomic E-state index is 12.1. The van der Waals surface area contributed by atoms with Crippen LogP contribution in [0, 0.1) is 0 Å². The molecule has 0 saturated carbocycles. The Balaban J connectivity index is 1.40. The number of hydrogen-bond donors (Lipinski definition) is 2. The molecule has 160 valence electrons. The number of nitrogens with zero attached hydrogens (tertiary/aromatic N) is 3. The van der Waals surface area contributed by atoms with Crippen LogP contribution in [-0.2, 0) is 16.1 Å². The quantitative estimate of drug-likeness (QED) is 0.568. The standard InChI is InChI=1S/C19H21Cl2N5O3S/c20-14-2-1-12(7-15(14)21)9-26-5-6-29-13(10-26)8-23-17(27)11-30-18-4-3-16(19(22)28)24-25-18/h1-4,7,13H,5-6,8-11H2,(H2,22,28)(H,23,27). The van der Waals surface area contributed by atoms with E-state index in [0.29, 0.717) is 34.8 Å². The number of aromatic nitrogens is 2. The van der Waals surface area contributed by atoms with Gasteiger partial charge in [-0.3, -0.25) is 14.5 Å².